The van der Waals surface area contributed by atoms with Gasteiger partial charge in [-0.25, -0.2) is 0 Å². The Morgan fingerprint density at radius 3 is 2.44 bits per heavy atom. The smallest absolute Gasteiger partial charge is 0.334 e. The Bertz CT molecular complexity index is 269. The van der Waals surface area contributed by atoms with Gasteiger partial charge in [0.05, 0.1) is 0 Å². The van der Waals surface area contributed by atoms with Crippen LogP contribution in [-0.2, 0) is 15.3 Å². The van der Waals surface area contributed by atoms with E-state index in [1.54, 1.807) is 0 Å². The third-order valence-electron chi connectivity index (χ3n) is 2.53. The molecular formula is C12H22O2SSi. The molecule has 0 bridgehead atoms. The Kier molecular flexibility index (Phi) is 6.27. The van der Waals surface area contributed by atoms with Gasteiger partial charge in [0.2, 0.25) is 0 Å². The lowest BCUT2D eigenvalue weighted by molar-refractivity contribution is 0.188. The quantitative estimate of drug-likeness (QED) is 0.660. The Labute approximate surface area is 104 Å². The number of thiophene rings is 1. The molecule has 0 aromatic carbocycles. The largest absolute Gasteiger partial charge is 0.395 e. The summed E-state index contributed by atoms with van der Waals surface area (Å²) in [5, 5.41) is 2.14. The van der Waals surface area contributed by atoms with Crippen LogP contribution in [0.1, 0.15) is 25.1 Å². The van der Waals surface area contributed by atoms with E-state index in [-0.39, 0.29) is 0 Å². The van der Waals surface area contributed by atoms with Crippen LogP contribution in [0.5, 0.6) is 0 Å². The lowest BCUT2D eigenvalue weighted by Gasteiger charge is -2.25. The molecule has 1 heterocycles. The molecule has 0 aliphatic rings. The molecule has 0 unspecified atom stereocenters. The summed E-state index contributed by atoms with van der Waals surface area (Å²) in [7, 11) is -1.88. The number of hydrogen-bond donors (Lipinski definition) is 0. The van der Waals surface area contributed by atoms with Gasteiger partial charge < -0.3 is 8.85 Å². The van der Waals surface area contributed by atoms with Crippen LogP contribution in [0.2, 0.25) is 12.6 Å². The van der Waals surface area contributed by atoms with Gasteiger partial charge in [0.15, 0.2) is 0 Å². The molecule has 0 radical (unpaired) electrons. The third kappa shape index (κ3) is 4.78. The molecule has 0 aliphatic carbocycles. The van der Waals surface area contributed by atoms with Gasteiger partial charge in [-0.1, -0.05) is 6.07 Å². The fraction of sp³-hybridized carbons (Fsp3) is 0.667. The van der Waals surface area contributed by atoms with E-state index in [0.29, 0.717) is 0 Å². The molecule has 4 heteroatoms. The average molecular weight is 258 g/mol. The van der Waals surface area contributed by atoms with Crippen LogP contribution in [0.15, 0.2) is 17.5 Å². The van der Waals surface area contributed by atoms with Crippen molar-refractivity contribution in [2.45, 2.75) is 39.3 Å². The van der Waals surface area contributed by atoms with E-state index in [9.17, 15) is 0 Å². The molecule has 0 aliphatic heterocycles. The van der Waals surface area contributed by atoms with E-state index in [4.69, 9.17) is 8.85 Å². The van der Waals surface area contributed by atoms with Crippen LogP contribution < -0.4 is 0 Å². The Morgan fingerprint density at radius 1 is 1.25 bits per heavy atom. The molecule has 0 atom stereocenters. The van der Waals surface area contributed by atoms with Gasteiger partial charge in [0.25, 0.3) is 0 Å². The maximum Gasteiger partial charge on any atom is 0.334 e. The number of hydrogen-bond acceptors (Lipinski definition) is 3. The lowest BCUT2D eigenvalue weighted by atomic mass is 10.3. The van der Waals surface area contributed by atoms with Crippen molar-refractivity contribution >= 4 is 19.9 Å². The normalized spacial score (nSPS) is 11.9. The molecule has 1 aromatic heterocycles. The minimum atomic E-state index is -1.88. The maximum absolute atomic E-state index is 5.81. The number of rotatable bonds is 8. The Hall–Kier alpha value is -0.163. The van der Waals surface area contributed by atoms with Gasteiger partial charge in [-0.15, -0.1) is 11.3 Å². The molecule has 0 saturated heterocycles. The molecule has 1 rings (SSSR count). The van der Waals surface area contributed by atoms with Crippen molar-refractivity contribution in [3.63, 3.8) is 0 Å². The van der Waals surface area contributed by atoms with Crippen molar-refractivity contribution in [1.82, 2.24) is 0 Å². The highest BCUT2D eigenvalue weighted by molar-refractivity contribution is 7.09. The van der Waals surface area contributed by atoms with E-state index in [1.165, 1.54) is 11.3 Å². The van der Waals surface area contributed by atoms with Gasteiger partial charge in [-0.05, 0) is 50.7 Å². The highest BCUT2D eigenvalue weighted by Gasteiger charge is 2.29. The van der Waals surface area contributed by atoms with Crippen molar-refractivity contribution in [2.24, 2.45) is 0 Å². The molecule has 1 aromatic rings. The monoisotopic (exact) mass is 258 g/mol. The summed E-state index contributed by atoms with van der Waals surface area (Å²) in [6, 6.07) is 5.40. The van der Waals surface area contributed by atoms with E-state index in [2.05, 4.69) is 24.1 Å². The van der Waals surface area contributed by atoms with Crippen molar-refractivity contribution in [3.8, 4) is 0 Å². The second-order valence-corrected chi connectivity index (χ2v) is 8.31. The zero-order chi connectivity index (χ0) is 11.9. The fourth-order valence-electron chi connectivity index (χ4n) is 1.84. The molecule has 0 fully saturated rings. The predicted molar refractivity (Wildman–Crippen MR) is 72.3 cm³/mol. The van der Waals surface area contributed by atoms with Crippen LogP contribution in [0.4, 0.5) is 0 Å². The van der Waals surface area contributed by atoms with Crippen LogP contribution in [0, 0.1) is 0 Å². The van der Waals surface area contributed by atoms with Crippen LogP contribution >= 0.6 is 11.3 Å². The second-order valence-electron chi connectivity index (χ2n) is 3.93. The Balaban J connectivity index is 2.32. The van der Waals surface area contributed by atoms with Crippen LogP contribution in [0.25, 0.3) is 0 Å². The molecule has 0 N–H and O–H groups in total. The molecular weight excluding hydrogens is 236 g/mol. The van der Waals surface area contributed by atoms with Crippen molar-refractivity contribution in [3.05, 3.63) is 22.4 Å². The van der Waals surface area contributed by atoms with E-state index >= 15 is 0 Å². The summed E-state index contributed by atoms with van der Waals surface area (Å²) in [4.78, 5) is 1.46. The summed E-state index contributed by atoms with van der Waals surface area (Å²) < 4.78 is 11.6. The van der Waals surface area contributed by atoms with Gasteiger partial charge in [0.1, 0.15) is 0 Å². The molecule has 0 saturated carbocycles. The highest BCUT2D eigenvalue weighted by atomic mass is 32.1. The van der Waals surface area contributed by atoms with Crippen LogP contribution in [0.3, 0.4) is 0 Å². The third-order valence-corrected chi connectivity index (χ3v) is 6.53. The van der Waals surface area contributed by atoms with Gasteiger partial charge in [-0.3, -0.25) is 0 Å². The van der Waals surface area contributed by atoms with Crippen molar-refractivity contribution < 1.29 is 8.85 Å². The summed E-state index contributed by atoms with van der Waals surface area (Å²) in [6.45, 7) is 7.80. The minimum Gasteiger partial charge on any atom is -0.395 e. The summed E-state index contributed by atoms with van der Waals surface area (Å²) in [5.74, 6) is 0. The molecule has 2 nitrogen and oxygen atoms in total. The minimum absolute atomic E-state index is 0.766. The molecule has 92 valence electrons. The second kappa shape index (κ2) is 7.22. The zero-order valence-electron chi connectivity index (χ0n) is 10.5. The lowest BCUT2D eigenvalue weighted by Crippen LogP contribution is -2.38. The van der Waals surface area contributed by atoms with Crippen molar-refractivity contribution in [2.75, 3.05) is 13.2 Å². The Morgan fingerprint density at radius 2 is 1.94 bits per heavy atom. The summed E-state index contributed by atoms with van der Waals surface area (Å²) in [6.07, 6.45) is 2.32. The summed E-state index contributed by atoms with van der Waals surface area (Å²) in [5.41, 5.74) is 0. The van der Waals surface area contributed by atoms with Crippen molar-refractivity contribution in [1.29, 1.82) is 0 Å². The first-order valence-electron chi connectivity index (χ1n) is 6.00. The standard InChI is InChI=1S/C12H22O2SSi/c1-4-13-16(3,14-5-2)11-7-9-12-8-6-10-15-12/h6,8,10H,4-5,7,9,11H2,1-3H3. The number of aryl methyl sites for hydroxylation is 1. The van der Waals surface area contributed by atoms with Gasteiger partial charge >= 0.3 is 8.56 Å². The fourth-order valence-corrected chi connectivity index (χ4v) is 5.00. The first-order chi connectivity index (χ1) is 7.70. The van der Waals surface area contributed by atoms with E-state index in [1.807, 2.05) is 25.2 Å². The van der Waals surface area contributed by atoms with E-state index in [0.717, 1.165) is 25.7 Å². The topological polar surface area (TPSA) is 18.5 Å². The van der Waals surface area contributed by atoms with Gasteiger partial charge in [0, 0.05) is 18.1 Å². The first kappa shape index (κ1) is 13.9. The average Bonchev–Trinajstić information content (AvgIpc) is 2.71. The predicted octanol–water partition coefficient (Wildman–Crippen LogP) is 3.83. The zero-order valence-corrected chi connectivity index (χ0v) is 12.3. The first-order valence-corrected chi connectivity index (χ1v) is 9.41. The maximum atomic E-state index is 5.81. The SMILES string of the molecule is CCO[Si](C)(CCCc1cccs1)OCC. The molecule has 0 spiro atoms. The van der Waals surface area contributed by atoms with E-state index < -0.39 is 8.56 Å². The summed E-state index contributed by atoms with van der Waals surface area (Å²) >= 11 is 1.83. The highest BCUT2D eigenvalue weighted by Crippen LogP contribution is 2.19. The molecule has 16 heavy (non-hydrogen) atoms. The van der Waals surface area contributed by atoms with Crippen LogP contribution in [-0.4, -0.2) is 21.8 Å². The molecule has 0 amide bonds. The van der Waals surface area contributed by atoms with Gasteiger partial charge in [-0.2, -0.15) is 0 Å².